The van der Waals surface area contributed by atoms with Gasteiger partial charge in [-0.15, -0.1) is 0 Å². The maximum absolute atomic E-state index is 13.8. The van der Waals surface area contributed by atoms with E-state index >= 15 is 0 Å². The molecule has 7 heteroatoms. The van der Waals surface area contributed by atoms with Gasteiger partial charge in [-0.05, 0) is 55.5 Å². The molecule has 5 rings (SSSR count). The molecule has 1 aliphatic heterocycles. The van der Waals surface area contributed by atoms with Crippen LogP contribution in [-0.2, 0) is 11.2 Å². The summed E-state index contributed by atoms with van der Waals surface area (Å²) in [6, 6.07) is 24.0. The van der Waals surface area contributed by atoms with Gasteiger partial charge >= 0.3 is 0 Å². The molecule has 2 atom stereocenters. The molecule has 0 radical (unpaired) electrons. The van der Waals surface area contributed by atoms with Crippen molar-refractivity contribution in [1.82, 2.24) is 24.6 Å². The molecule has 1 N–H and O–H groups in total. The number of para-hydroxylation sites is 1. The van der Waals surface area contributed by atoms with E-state index in [1.54, 1.807) is 10.9 Å². The van der Waals surface area contributed by atoms with E-state index in [4.69, 9.17) is 0 Å². The summed E-state index contributed by atoms with van der Waals surface area (Å²) in [4.78, 5) is 28.8. The summed E-state index contributed by atoms with van der Waals surface area (Å²) in [6.45, 7) is 3.14. The number of hydrogen-bond donors (Lipinski definition) is 1. The van der Waals surface area contributed by atoms with Crippen LogP contribution in [-0.4, -0.2) is 50.2 Å². The molecule has 2 aromatic heterocycles. The van der Waals surface area contributed by atoms with Crippen LogP contribution in [0.3, 0.4) is 0 Å². The zero-order chi connectivity index (χ0) is 25.6. The normalized spacial score (nSPS) is 16.4. The summed E-state index contributed by atoms with van der Waals surface area (Å²) >= 11 is 0. The second kappa shape index (κ2) is 11.3. The quantitative estimate of drug-likeness (QED) is 0.387. The molecule has 4 aromatic rings. The highest BCUT2D eigenvalue weighted by molar-refractivity contribution is 5.97. The molecule has 0 spiro atoms. The van der Waals surface area contributed by atoms with Crippen LogP contribution in [0.25, 0.3) is 11.5 Å². The molecular weight excluding hydrogens is 462 g/mol. The molecule has 0 unspecified atom stereocenters. The van der Waals surface area contributed by atoms with Gasteiger partial charge < -0.3 is 14.8 Å². The Morgan fingerprint density at radius 2 is 1.70 bits per heavy atom. The van der Waals surface area contributed by atoms with E-state index < -0.39 is 0 Å². The summed E-state index contributed by atoms with van der Waals surface area (Å²) in [5.41, 5.74) is 2.62. The number of piperidine rings is 1. The number of carbonyl (C=O) groups excluding carboxylic acids is 2. The summed E-state index contributed by atoms with van der Waals surface area (Å²) in [5, 5.41) is 7.82. The number of nitrogens with one attached hydrogen (secondary N) is 1. The molecule has 37 heavy (non-hydrogen) atoms. The average molecular weight is 496 g/mol. The van der Waals surface area contributed by atoms with Crippen molar-refractivity contribution in [2.45, 2.75) is 38.6 Å². The summed E-state index contributed by atoms with van der Waals surface area (Å²) < 4.78 is 3.70. The van der Waals surface area contributed by atoms with E-state index in [1.165, 1.54) is 5.56 Å². The molecule has 3 heterocycles. The molecule has 1 fully saturated rings. The number of nitrogens with zero attached hydrogens (tertiary/aromatic N) is 4. The molecule has 190 valence electrons. The predicted molar refractivity (Wildman–Crippen MR) is 144 cm³/mol. The molecule has 0 aliphatic carbocycles. The molecule has 1 aliphatic rings. The van der Waals surface area contributed by atoms with Gasteiger partial charge in [0.1, 0.15) is 5.56 Å². The maximum Gasteiger partial charge on any atom is 0.259 e. The van der Waals surface area contributed by atoms with Gasteiger partial charge in [0.05, 0.1) is 17.8 Å². The average Bonchev–Trinajstić information content (AvgIpc) is 3.63. The zero-order valence-electron chi connectivity index (χ0n) is 21.2. The Hall–Kier alpha value is -4.13. The maximum atomic E-state index is 13.8. The Labute approximate surface area is 217 Å². The lowest BCUT2D eigenvalue weighted by Crippen LogP contribution is -2.48. The van der Waals surface area contributed by atoms with Crippen molar-refractivity contribution >= 4 is 11.8 Å². The van der Waals surface area contributed by atoms with Crippen LogP contribution >= 0.6 is 0 Å². The van der Waals surface area contributed by atoms with E-state index in [-0.39, 0.29) is 23.8 Å². The highest BCUT2D eigenvalue weighted by Crippen LogP contribution is 2.24. The smallest absolute Gasteiger partial charge is 0.259 e. The largest absolute Gasteiger partial charge is 0.353 e. The van der Waals surface area contributed by atoms with Crippen LogP contribution in [0.1, 0.15) is 42.1 Å². The van der Waals surface area contributed by atoms with Gasteiger partial charge in [-0.3, -0.25) is 9.59 Å². The van der Waals surface area contributed by atoms with E-state index in [0.717, 1.165) is 31.4 Å². The topological polar surface area (TPSA) is 72.2 Å². The Morgan fingerprint density at radius 3 is 2.41 bits per heavy atom. The molecule has 0 bridgehead atoms. The van der Waals surface area contributed by atoms with Crippen molar-refractivity contribution in [3.8, 4) is 11.5 Å². The fourth-order valence-electron chi connectivity index (χ4n) is 5.04. The molecule has 2 amide bonds. The Morgan fingerprint density at radius 1 is 1.00 bits per heavy atom. The lowest BCUT2D eigenvalue weighted by molar-refractivity contribution is -0.127. The van der Waals surface area contributed by atoms with E-state index in [0.29, 0.717) is 24.5 Å². The lowest BCUT2D eigenvalue weighted by Gasteiger charge is -2.33. The molecule has 1 saturated heterocycles. The van der Waals surface area contributed by atoms with Crippen LogP contribution in [0.15, 0.2) is 91.4 Å². The number of aromatic nitrogens is 3. The first kappa shape index (κ1) is 24.6. The third-order valence-electron chi connectivity index (χ3n) is 7.07. The minimum absolute atomic E-state index is 0.0332. The van der Waals surface area contributed by atoms with Gasteiger partial charge in [0.15, 0.2) is 5.82 Å². The number of hydrogen-bond acceptors (Lipinski definition) is 3. The van der Waals surface area contributed by atoms with Crippen LogP contribution in [0.5, 0.6) is 0 Å². The predicted octanol–water partition coefficient (Wildman–Crippen LogP) is 4.65. The van der Waals surface area contributed by atoms with Gasteiger partial charge in [0.2, 0.25) is 5.91 Å². The minimum atomic E-state index is -0.221. The van der Waals surface area contributed by atoms with E-state index in [1.807, 2.05) is 82.5 Å². The van der Waals surface area contributed by atoms with E-state index in [9.17, 15) is 9.59 Å². The monoisotopic (exact) mass is 495 g/mol. The first-order valence-electron chi connectivity index (χ1n) is 13.0. The fourth-order valence-corrected chi connectivity index (χ4v) is 5.04. The third kappa shape index (κ3) is 5.50. The number of rotatable bonds is 8. The Balaban J connectivity index is 1.32. The first-order valence-corrected chi connectivity index (χ1v) is 13.0. The van der Waals surface area contributed by atoms with Gasteiger partial charge in [-0.2, -0.15) is 5.10 Å². The van der Waals surface area contributed by atoms with Gasteiger partial charge in [0, 0.05) is 31.5 Å². The standard InChI is InChI=1S/C30H33N5O2/c1-2-25(20-23-12-5-3-6-13-23)32-28(36)24-14-11-19-34(22-24)30(37)27-21-31-35(26-15-7-4-8-16-26)29(27)33-17-9-10-18-33/h3-10,12-13,15-18,21,24-25H,2,11,14,19-20,22H2,1H3,(H,32,36)/t24-,25+/m0/s1. The number of benzene rings is 2. The Kier molecular flexibility index (Phi) is 7.49. The van der Waals surface area contributed by atoms with Crippen LogP contribution < -0.4 is 5.32 Å². The minimum Gasteiger partial charge on any atom is -0.353 e. The first-order chi connectivity index (χ1) is 18.1. The van der Waals surface area contributed by atoms with E-state index in [2.05, 4.69) is 29.5 Å². The van der Waals surface area contributed by atoms with Gasteiger partial charge in [-0.1, -0.05) is 55.5 Å². The highest BCUT2D eigenvalue weighted by Gasteiger charge is 2.32. The highest BCUT2D eigenvalue weighted by atomic mass is 16.2. The summed E-state index contributed by atoms with van der Waals surface area (Å²) in [6.07, 6.45) is 8.71. The van der Waals surface area contributed by atoms with Crippen molar-refractivity contribution in [2.24, 2.45) is 5.92 Å². The second-order valence-electron chi connectivity index (χ2n) is 9.61. The van der Waals surface area contributed by atoms with Crippen molar-refractivity contribution in [3.63, 3.8) is 0 Å². The second-order valence-corrected chi connectivity index (χ2v) is 9.61. The number of carbonyl (C=O) groups is 2. The number of likely N-dealkylation sites (tertiary alicyclic amines) is 1. The fraction of sp³-hybridized carbons (Fsp3) is 0.300. The van der Waals surface area contributed by atoms with Crippen molar-refractivity contribution < 1.29 is 9.59 Å². The van der Waals surface area contributed by atoms with Crippen LogP contribution in [0.4, 0.5) is 0 Å². The lowest BCUT2D eigenvalue weighted by atomic mass is 9.95. The van der Waals surface area contributed by atoms with Crippen molar-refractivity contribution in [3.05, 3.63) is 103 Å². The SMILES string of the molecule is CC[C@H](Cc1ccccc1)NC(=O)[C@H]1CCCN(C(=O)c2cnn(-c3ccccc3)c2-n2cccc2)C1. The van der Waals surface area contributed by atoms with Crippen molar-refractivity contribution in [1.29, 1.82) is 0 Å². The molecule has 2 aromatic carbocycles. The molecule has 7 nitrogen and oxygen atoms in total. The Bertz CT molecular complexity index is 1310. The molecular formula is C30H33N5O2. The summed E-state index contributed by atoms with van der Waals surface area (Å²) in [5.74, 6) is 0.411. The molecule has 0 saturated carbocycles. The zero-order valence-corrected chi connectivity index (χ0v) is 21.2. The van der Waals surface area contributed by atoms with Gasteiger partial charge in [0.25, 0.3) is 5.91 Å². The third-order valence-corrected chi connectivity index (χ3v) is 7.07. The van der Waals surface area contributed by atoms with Gasteiger partial charge in [-0.25, -0.2) is 4.68 Å². The van der Waals surface area contributed by atoms with Crippen molar-refractivity contribution in [2.75, 3.05) is 13.1 Å². The summed E-state index contributed by atoms with van der Waals surface area (Å²) in [7, 11) is 0. The van der Waals surface area contributed by atoms with Crippen LogP contribution in [0.2, 0.25) is 0 Å². The van der Waals surface area contributed by atoms with Crippen LogP contribution in [0, 0.1) is 5.92 Å². The number of amides is 2.